The van der Waals surface area contributed by atoms with Gasteiger partial charge in [-0.15, -0.1) is 9.89 Å². The molecule has 0 bridgehead atoms. The van der Waals surface area contributed by atoms with Gasteiger partial charge in [0.25, 0.3) is 5.56 Å². The van der Waals surface area contributed by atoms with Gasteiger partial charge in [-0.1, -0.05) is 23.7 Å². The maximum Gasteiger partial charge on any atom is 0.296 e. The largest absolute Gasteiger partial charge is 0.320 e. The van der Waals surface area contributed by atoms with Gasteiger partial charge in [-0.3, -0.25) is 4.79 Å². The van der Waals surface area contributed by atoms with Gasteiger partial charge in [-0.25, -0.2) is 8.78 Å². The van der Waals surface area contributed by atoms with Gasteiger partial charge in [0.15, 0.2) is 0 Å². The van der Waals surface area contributed by atoms with Crippen molar-refractivity contribution in [3.05, 3.63) is 63.4 Å². The van der Waals surface area contributed by atoms with Crippen LogP contribution in [0.25, 0.3) is 22.0 Å². The molecule has 3 rings (SSSR count). The monoisotopic (exact) mass is 307 g/mol. The Morgan fingerprint density at radius 3 is 2.19 bits per heavy atom. The maximum atomic E-state index is 14.1. The third-order valence-electron chi connectivity index (χ3n) is 3.09. The lowest BCUT2D eigenvalue weighted by Gasteiger charge is -2.09. The second-order valence-electron chi connectivity index (χ2n) is 4.38. The molecule has 0 saturated heterocycles. The summed E-state index contributed by atoms with van der Waals surface area (Å²) in [6.45, 7) is 0. The molecule has 0 unspecified atom stereocenters. The number of fused-ring (bicyclic) bond motifs is 1. The van der Waals surface area contributed by atoms with E-state index in [-0.39, 0.29) is 11.1 Å². The van der Waals surface area contributed by atoms with Gasteiger partial charge in [0.2, 0.25) is 0 Å². The number of halogens is 3. The molecule has 4 nitrogen and oxygen atoms in total. The summed E-state index contributed by atoms with van der Waals surface area (Å²) in [5, 5.41) is 3.68. The zero-order valence-corrected chi connectivity index (χ0v) is 11.2. The Bertz CT molecular complexity index is 907. The lowest BCUT2D eigenvalue weighted by Crippen LogP contribution is -2.31. The first kappa shape index (κ1) is 13.5. The minimum Gasteiger partial charge on any atom is -0.320 e. The van der Waals surface area contributed by atoms with Crippen molar-refractivity contribution in [2.45, 2.75) is 0 Å². The number of nitrogens with zero attached hydrogens (tertiary/aromatic N) is 2. The second-order valence-corrected chi connectivity index (χ2v) is 4.82. The van der Waals surface area contributed by atoms with Crippen LogP contribution in [0.3, 0.4) is 0 Å². The predicted molar refractivity (Wildman–Crippen MR) is 76.5 cm³/mol. The van der Waals surface area contributed by atoms with E-state index in [0.29, 0.717) is 15.4 Å². The van der Waals surface area contributed by atoms with Crippen molar-refractivity contribution in [2.75, 3.05) is 5.84 Å². The van der Waals surface area contributed by atoms with Gasteiger partial charge >= 0.3 is 0 Å². The molecule has 106 valence electrons. The molecule has 21 heavy (non-hydrogen) atoms. The predicted octanol–water partition coefficient (Wildman–Crippen LogP) is 2.71. The summed E-state index contributed by atoms with van der Waals surface area (Å²) in [4.78, 5) is 12.4. The topological polar surface area (TPSA) is 60.9 Å². The minimum absolute atomic E-state index is 0.0702. The molecule has 7 heteroatoms. The number of aromatic nitrogens is 2. The number of rotatable bonds is 1. The molecule has 0 spiro atoms. The Hall–Kier alpha value is -2.47. The van der Waals surface area contributed by atoms with Crippen LogP contribution < -0.4 is 11.4 Å². The molecule has 0 aliphatic rings. The van der Waals surface area contributed by atoms with Crippen molar-refractivity contribution in [1.29, 1.82) is 0 Å². The third-order valence-corrected chi connectivity index (χ3v) is 3.34. The second kappa shape index (κ2) is 4.82. The van der Waals surface area contributed by atoms with Crippen LogP contribution in [-0.2, 0) is 0 Å². The standard InChI is InChI=1S/C14H8ClF2N3O/c15-8-3-1-7(2-4-8)13-11-9(16)5-6-10(17)12(11)14(21)20(18)19-13/h1-6H,18H2. The van der Waals surface area contributed by atoms with Crippen LogP contribution in [0.5, 0.6) is 0 Å². The van der Waals surface area contributed by atoms with Crippen molar-refractivity contribution >= 4 is 22.4 Å². The van der Waals surface area contributed by atoms with Gasteiger partial charge in [0.05, 0.1) is 10.8 Å². The Morgan fingerprint density at radius 2 is 1.57 bits per heavy atom. The molecule has 0 amide bonds. The molecule has 1 heterocycles. The summed E-state index contributed by atoms with van der Waals surface area (Å²) >= 11 is 5.80. The first-order chi connectivity index (χ1) is 9.99. The molecule has 0 atom stereocenters. The normalized spacial score (nSPS) is 11.0. The summed E-state index contributed by atoms with van der Waals surface area (Å²) in [6.07, 6.45) is 0. The SMILES string of the molecule is Nn1nc(-c2ccc(Cl)cc2)c2c(F)ccc(F)c2c1=O. The summed E-state index contributed by atoms with van der Waals surface area (Å²) in [7, 11) is 0. The van der Waals surface area contributed by atoms with Crippen LogP contribution in [-0.4, -0.2) is 9.89 Å². The average molecular weight is 308 g/mol. The van der Waals surface area contributed by atoms with Gasteiger partial charge < -0.3 is 5.84 Å². The highest BCUT2D eigenvalue weighted by molar-refractivity contribution is 6.30. The van der Waals surface area contributed by atoms with E-state index in [1.54, 1.807) is 24.3 Å². The number of hydrogen-bond acceptors (Lipinski definition) is 3. The molecular weight excluding hydrogens is 300 g/mol. The van der Waals surface area contributed by atoms with E-state index in [1.165, 1.54) is 0 Å². The third kappa shape index (κ3) is 2.13. The van der Waals surface area contributed by atoms with Crippen molar-refractivity contribution < 1.29 is 8.78 Å². The molecule has 2 aromatic carbocycles. The first-order valence-electron chi connectivity index (χ1n) is 5.91. The highest BCUT2D eigenvalue weighted by Crippen LogP contribution is 2.28. The van der Waals surface area contributed by atoms with Gasteiger partial charge in [0.1, 0.15) is 17.3 Å². The highest BCUT2D eigenvalue weighted by atomic mass is 35.5. The van der Waals surface area contributed by atoms with Crippen LogP contribution in [0.15, 0.2) is 41.2 Å². The van der Waals surface area contributed by atoms with Gasteiger partial charge in [-0.2, -0.15) is 0 Å². The number of nitrogen functional groups attached to an aromatic ring is 1. The molecule has 3 aromatic rings. The molecule has 2 N–H and O–H groups in total. The van der Waals surface area contributed by atoms with Crippen molar-refractivity contribution in [3.8, 4) is 11.3 Å². The van der Waals surface area contributed by atoms with Crippen molar-refractivity contribution in [2.24, 2.45) is 0 Å². The van der Waals surface area contributed by atoms with Crippen LogP contribution in [0.1, 0.15) is 0 Å². The molecular formula is C14H8ClF2N3O. The number of benzene rings is 2. The van der Waals surface area contributed by atoms with Gasteiger partial charge in [0, 0.05) is 10.6 Å². The number of nitrogens with two attached hydrogens (primary N) is 1. The van der Waals surface area contributed by atoms with Crippen molar-refractivity contribution in [1.82, 2.24) is 9.89 Å². The molecule has 0 aliphatic carbocycles. The van der Waals surface area contributed by atoms with Crippen LogP contribution in [0.2, 0.25) is 5.02 Å². The molecule has 0 saturated carbocycles. The summed E-state index contributed by atoms with van der Waals surface area (Å²) in [5.41, 5.74) is -0.367. The molecule has 1 aromatic heterocycles. The molecule has 0 radical (unpaired) electrons. The lowest BCUT2D eigenvalue weighted by molar-refractivity contribution is 0.613. The Balaban J connectivity index is 2.49. The van der Waals surface area contributed by atoms with E-state index in [1.807, 2.05) is 0 Å². The van der Waals surface area contributed by atoms with Crippen LogP contribution >= 0.6 is 11.6 Å². The van der Waals surface area contributed by atoms with E-state index in [0.717, 1.165) is 12.1 Å². The van der Waals surface area contributed by atoms with E-state index in [2.05, 4.69) is 5.10 Å². The fourth-order valence-corrected chi connectivity index (χ4v) is 2.25. The minimum atomic E-state index is -0.903. The zero-order chi connectivity index (χ0) is 15.1. The van der Waals surface area contributed by atoms with Crippen molar-refractivity contribution in [3.63, 3.8) is 0 Å². The molecule has 0 fully saturated rings. The van der Waals surface area contributed by atoms with Crippen LogP contribution in [0.4, 0.5) is 8.78 Å². The summed E-state index contributed by atoms with van der Waals surface area (Å²) < 4.78 is 28.0. The molecule has 0 aliphatic heterocycles. The maximum absolute atomic E-state index is 14.1. The van der Waals surface area contributed by atoms with E-state index >= 15 is 0 Å². The summed E-state index contributed by atoms with van der Waals surface area (Å²) in [6, 6.07) is 8.14. The van der Waals surface area contributed by atoms with E-state index < -0.39 is 22.6 Å². The highest BCUT2D eigenvalue weighted by Gasteiger charge is 2.18. The summed E-state index contributed by atoms with van der Waals surface area (Å²) in [5.74, 6) is 3.85. The average Bonchev–Trinajstić information content (AvgIpc) is 2.46. The fourth-order valence-electron chi connectivity index (χ4n) is 2.12. The zero-order valence-electron chi connectivity index (χ0n) is 10.5. The van der Waals surface area contributed by atoms with E-state index in [4.69, 9.17) is 17.4 Å². The van der Waals surface area contributed by atoms with Crippen LogP contribution in [0, 0.1) is 11.6 Å². The van der Waals surface area contributed by atoms with Gasteiger partial charge in [-0.05, 0) is 24.3 Å². The first-order valence-corrected chi connectivity index (χ1v) is 6.29. The Kier molecular flexibility index (Phi) is 3.10. The lowest BCUT2D eigenvalue weighted by atomic mass is 10.0. The van der Waals surface area contributed by atoms with E-state index in [9.17, 15) is 13.6 Å². The Labute approximate surface area is 122 Å². The quantitative estimate of drug-likeness (QED) is 0.703. The number of hydrogen-bond donors (Lipinski definition) is 1. The Morgan fingerprint density at radius 1 is 1.00 bits per heavy atom. The smallest absolute Gasteiger partial charge is 0.296 e. The fraction of sp³-hybridized carbons (Fsp3) is 0.